The van der Waals surface area contributed by atoms with Gasteiger partial charge in [-0.1, -0.05) is 39.7 Å². The van der Waals surface area contributed by atoms with Crippen molar-refractivity contribution in [2.75, 3.05) is 19.0 Å². The van der Waals surface area contributed by atoms with Crippen LogP contribution in [0.5, 0.6) is 5.75 Å². The Bertz CT molecular complexity index is 677. The number of amides is 1. The van der Waals surface area contributed by atoms with Crippen LogP contribution in [0.15, 0.2) is 46.9 Å². The molecule has 1 amide bonds. The second-order valence-electron chi connectivity index (χ2n) is 5.04. The molecule has 0 radical (unpaired) electrons. The summed E-state index contributed by atoms with van der Waals surface area (Å²) in [6.45, 7) is 2.08. The Morgan fingerprint density at radius 2 is 1.96 bits per heavy atom. The van der Waals surface area contributed by atoms with Gasteiger partial charge in [0.05, 0.1) is 30.4 Å². The van der Waals surface area contributed by atoms with Gasteiger partial charge in [-0.25, -0.2) is 0 Å². The van der Waals surface area contributed by atoms with E-state index in [0.29, 0.717) is 16.5 Å². The second-order valence-corrected chi connectivity index (χ2v) is 6.36. The molecule has 0 fully saturated rings. The van der Waals surface area contributed by atoms with Crippen LogP contribution >= 0.6 is 27.5 Å². The Balaban J connectivity index is 1.91. The first-order valence-corrected chi connectivity index (χ1v) is 8.29. The number of hydrogen-bond acceptors (Lipinski definition) is 3. The molecular formula is C17H18BrClN2O2. The van der Waals surface area contributed by atoms with Gasteiger partial charge in [-0.2, -0.15) is 0 Å². The zero-order valence-corrected chi connectivity index (χ0v) is 15.2. The molecular weight excluding hydrogens is 380 g/mol. The molecule has 0 bridgehead atoms. The molecule has 0 spiro atoms. The highest BCUT2D eigenvalue weighted by Crippen LogP contribution is 2.26. The average Bonchev–Trinajstić information content (AvgIpc) is 2.54. The van der Waals surface area contributed by atoms with Crippen molar-refractivity contribution in [1.29, 1.82) is 0 Å². The van der Waals surface area contributed by atoms with Crippen LogP contribution in [0.3, 0.4) is 0 Å². The summed E-state index contributed by atoms with van der Waals surface area (Å²) in [5.74, 6) is 0.569. The third-order valence-corrected chi connectivity index (χ3v) is 4.22. The standard InChI is InChI=1S/C17H18BrClN2O2/c1-11(12-3-5-13(18)6-4-12)21-17(22)10-20-16-9-14(23-2)7-8-15(16)19/h3-9,11,20H,10H2,1-2H3,(H,21,22). The van der Waals surface area contributed by atoms with Gasteiger partial charge in [0.15, 0.2) is 0 Å². The van der Waals surface area contributed by atoms with E-state index < -0.39 is 0 Å². The zero-order valence-electron chi connectivity index (χ0n) is 12.9. The molecule has 0 heterocycles. The van der Waals surface area contributed by atoms with Gasteiger partial charge >= 0.3 is 0 Å². The first-order valence-electron chi connectivity index (χ1n) is 7.12. The highest BCUT2D eigenvalue weighted by atomic mass is 79.9. The molecule has 0 saturated carbocycles. The molecule has 2 rings (SSSR count). The van der Waals surface area contributed by atoms with Crippen LogP contribution in [0.2, 0.25) is 5.02 Å². The largest absolute Gasteiger partial charge is 0.497 e. The fourth-order valence-corrected chi connectivity index (χ4v) is 2.52. The number of benzene rings is 2. The maximum Gasteiger partial charge on any atom is 0.239 e. The van der Waals surface area contributed by atoms with Crippen LogP contribution in [-0.4, -0.2) is 19.6 Å². The summed E-state index contributed by atoms with van der Waals surface area (Å²) in [7, 11) is 1.58. The minimum absolute atomic E-state index is 0.0711. The molecule has 0 saturated heterocycles. The minimum atomic E-state index is -0.112. The van der Waals surface area contributed by atoms with E-state index in [9.17, 15) is 4.79 Å². The number of ether oxygens (including phenoxy) is 1. The number of hydrogen-bond donors (Lipinski definition) is 2. The van der Waals surface area contributed by atoms with Crippen LogP contribution in [0.25, 0.3) is 0 Å². The first kappa shape index (κ1) is 17.6. The Hall–Kier alpha value is -1.72. The van der Waals surface area contributed by atoms with Crippen LogP contribution in [0.1, 0.15) is 18.5 Å². The number of carbonyl (C=O) groups excluding carboxylic acids is 1. The number of anilines is 1. The summed E-state index contributed by atoms with van der Waals surface area (Å²) in [6, 6.07) is 13.0. The topological polar surface area (TPSA) is 50.4 Å². The summed E-state index contributed by atoms with van der Waals surface area (Å²) in [5.41, 5.74) is 1.71. The normalized spacial score (nSPS) is 11.7. The fraction of sp³-hybridized carbons (Fsp3) is 0.235. The molecule has 122 valence electrons. The second kappa shape index (κ2) is 8.22. The van der Waals surface area contributed by atoms with Crippen LogP contribution in [0, 0.1) is 0 Å². The van der Waals surface area contributed by atoms with Crippen molar-refractivity contribution in [3.05, 3.63) is 57.5 Å². The SMILES string of the molecule is COc1ccc(Cl)c(NCC(=O)NC(C)c2ccc(Br)cc2)c1. The smallest absolute Gasteiger partial charge is 0.239 e. The van der Waals surface area contributed by atoms with Gasteiger partial charge in [0.1, 0.15) is 5.75 Å². The van der Waals surface area contributed by atoms with Crippen molar-refractivity contribution in [1.82, 2.24) is 5.32 Å². The molecule has 0 aromatic heterocycles. The van der Waals surface area contributed by atoms with Crippen molar-refractivity contribution >= 4 is 39.1 Å². The molecule has 0 aliphatic heterocycles. The van der Waals surface area contributed by atoms with E-state index in [1.807, 2.05) is 31.2 Å². The molecule has 6 heteroatoms. The summed E-state index contributed by atoms with van der Waals surface area (Å²) in [6.07, 6.45) is 0. The molecule has 2 N–H and O–H groups in total. The number of carbonyl (C=O) groups is 1. The molecule has 4 nitrogen and oxygen atoms in total. The van der Waals surface area contributed by atoms with Gasteiger partial charge in [-0.15, -0.1) is 0 Å². The van der Waals surface area contributed by atoms with Crippen molar-refractivity contribution < 1.29 is 9.53 Å². The minimum Gasteiger partial charge on any atom is -0.497 e. The highest BCUT2D eigenvalue weighted by Gasteiger charge is 2.10. The summed E-state index contributed by atoms with van der Waals surface area (Å²) in [4.78, 5) is 12.1. The van der Waals surface area contributed by atoms with Crippen molar-refractivity contribution in [3.63, 3.8) is 0 Å². The number of halogens is 2. The van der Waals surface area contributed by atoms with E-state index in [-0.39, 0.29) is 18.5 Å². The van der Waals surface area contributed by atoms with Crippen LogP contribution in [-0.2, 0) is 4.79 Å². The van der Waals surface area contributed by atoms with Crippen LogP contribution in [0.4, 0.5) is 5.69 Å². The van der Waals surface area contributed by atoms with Crippen molar-refractivity contribution in [3.8, 4) is 5.75 Å². The van der Waals surface area contributed by atoms with Gasteiger partial charge in [-0.3, -0.25) is 4.79 Å². The molecule has 1 atom stereocenters. The van der Waals surface area contributed by atoms with Crippen molar-refractivity contribution in [2.45, 2.75) is 13.0 Å². The lowest BCUT2D eigenvalue weighted by Gasteiger charge is -2.15. The number of nitrogens with one attached hydrogen (secondary N) is 2. The fourth-order valence-electron chi connectivity index (χ4n) is 2.07. The summed E-state index contributed by atoms with van der Waals surface area (Å²) >= 11 is 9.49. The Labute approximate surface area is 149 Å². The predicted octanol–water partition coefficient (Wildman–Crippen LogP) is 4.40. The molecule has 2 aromatic rings. The van der Waals surface area contributed by atoms with Crippen molar-refractivity contribution in [2.24, 2.45) is 0 Å². The number of rotatable bonds is 6. The molecule has 1 unspecified atom stereocenters. The third kappa shape index (κ3) is 5.15. The lowest BCUT2D eigenvalue weighted by Crippen LogP contribution is -2.32. The maximum absolute atomic E-state index is 12.1. The predicted molar refractivity (Wildman–Crippen MR) is 97.2 cm³/mol. The molecule has 2 aromatic carbocycles. The van der Waals surface area contributed by atoms with Gasteiger partial charge in [-0.05, 0) is 36.8 Å². The van der Waals surface area contributed by atoms with Gasteiger partial charge in [0.25, 0.3) is 0 Å². The van der Waals surface area contributed by atoms with E-state index in [1.165, 1.54) is 0 Å². The quantitative estimate of drug-likeness (QED) is 0.759. The van der Waals surface area contributed by atoms with Crippen LogP contribution < -0.4 is 15.4 Å². The lowest BCUT2D eigenvalue weighted by molar-refractivity contribution is -0.120. The maximum atomic E-state index is 12.1. The molecule has 23 heavy (non-hydrogen) atoms. The average molecular weight is 398 g/mol. The Kier molecular flexibility index (Phi) is 6.30. The monoisotopic (exact) mass is 396 g/mol. The number of methoxy groups -OCH3 is 1. The highest BCUT2D eigenvalue weighted by molar-refractivity contribution is 9.10. The third-order valence-electron chi connectivity index (χ3n) is 3.36. The Morgan fingerprint density at radius 3 is 2.61 bits per heavy atom. The first-order chi connectivity index (χ1) is 11.0. The molecule has 0 aliphatic rings. The lowest BCUT2D eigenvalue weighted by atomic mass is 10.1. The zero-order chi connectivity index (χ0) is 16.8. The Morgan fingerprint density at radius 1 is 1.26 bits per heavy atom. The summed E-state index contributed by atoms with van der Waals surface area (Å²) in [5, 5.41) is 6.51. The summed E-state index contributed by atoms with van der Waals surface area (Å²) < 4.78 is 6.15. The van der Waals surface area contributed by atoms with Gasteiger partial charge in [0, 0.05) is 10.5 Å². The van der Waals surface area contributed by atoms with E-state index in [1.54, 1.807) is 25.3 Å². The van der Waals surface area contributed by atoms with E-state index in [0.717, 1.165) is 10.0 Å². The van der Waals surface area contributed by atoms with E-state index >= 15 is 0 Å². The van der Waals surface area contributed by atoms with Gasteiger partial charge < -0.3 is 15.4 Å². The molecule has 0 aliphatic carbocycles. The van der Waals surface area contributed by atoms with E-state index in [4.69, 9.17) is 16.3 Å². The van der Waals surface area contributed by atoms with Gasteiger partial charge in [0.2, 0.25) is 5.91 Å². The van der Waals surface area contributed by atoms with E-state index in [2.05, 4.69) is 26.6 Å².